The second kappa shape index (κ2) is 7.11. The van der Waals surface area contributed by atoms with Crippen LogP contribution in [-0.2, 0) is 0 Å². The van der Waals surface area contributed by atoms with Gasteiger partial charge in [-0.1, -0.05) is 24.3 Å². The van der Waals surface area contributed by atoms with Crippen LogP contribution in [0.25, 0.3) is 16.9 Å². The average Bonchev–Trinajstić information content (AvgIpc) is 3.08. The van der Waals surface area contributed by atoms with Gasteiger partial charge >= 0.3 is 0 Å². The summed E-state index contributed by atoms with van der Waals surface area (Å²) in [6.07, 6.45) is 3.75. The first kappa shape index (κ1) is 15.9. The lowest BCUT2D eigenvalue weighted by molar-refractivity contribution is 0.415. The lowest BCUT2D eigenvalue weighted by Crippen LogP contribution is -1.91. The van der Waals surface area contributed by atoms with Gasteiger partial charge < -0.3 is 4.74 Å². The zero-order valence-corrected chi connectivity index (χ0v) is 14.3. The maximum atomic E-state index is 5.24. The van der Waals surface area contributed by atoms with Crippen LogP contribution >= 0.6 is 0 Å². The standard InChI is InChI=1S/C21H18N4O/c1-26-18-12-10-16(11-13-18)21-23-19(20-9-5-6-14-25(20)21)15-22-24-17-7-3-2-4-8-17/h2-15,24H,1H3. The minimum absolute atomic E-state index is 0.805. The highest BCUT2D eigenvalue weighted by atomic mass is 16.5. The lowest BCUT2D eigenvalue weighted by Gasteiger charge is -2.03. The number of nitrogens with one attached hydrogen (secondary N) is 1. The summed E-state index contributed by atoms with van der Waals surface area (Å²) in [4.78, 5) is 4.78. The molecule has 0 radical (unpaired) electrons. The van der Waals surface area contributed by atoms with Gasteiger partial charge in [0.05, 0.1) is 24.5 Å². The third-order valence-electron chi connectivity index (χ3n) is 4.08. The Morgan fingerprint density at radius 3 is 2.50 bits per heavy atom. The van der Waals surface area contributed by atoms with Gasteiger partial charge in [-0.15, -0.1) is 0 Å². The number of hydrogen-bond donors (Lipinski definition) is 1. The van der Waals surface area contributed by atoms with E-state index in [9.17, 15) is 0 Å². The lowest BCUT2D eigenvalue weighted by atomic mass is 10.2. The summed E-state index contributed by atoms with van der Waals surface area (Å²) >= 11 is 0. The molecular weight excluding hydrogens is 324 g/mol. The van der Waals surface area contributed by atoms with Gasteiger partial charge in [-0.2, -0.15) is 5.10 Å². The Labute approximate surface area is 151 Å². The Bertz CT molecular complexity index is 1040. The fourth-order valence-electron chi connectivity index (χ4n) is 2.78. The van der Waals surface area contributed by atoms with Crippen LogP contribution in [0, 0.1) is 0 Å². The number of nitrogens with zero attached hydrogens (tertiary/aromatic N) is 3. The van der Waals surface area contributed by atoms with E-state index in [4.69, 9.17) is 9.72 Å². The monoisotopic (exact) mass is 342 g/mol. The normalized spacial score (nSPS) is 11.1. The van der Waals surface area contributed by atoms with Crippen molar-refractivity contribution >= 4 is 17.4 Å². The molecule has 2 heterocycles. The molecule has 0 saturated carbocycles. The number of aromatic nitrogens is 2. The summed E-state index contributed by atoms with van der Waals surface area (Å²) in [7, 11) is 1.66. The number of pyridine rings is 1. The number of methoxy groups -OCH3 is 1. The molecule has 26 heavy (non-hydrogen) atoms. The second-order valence-corrected chi connectivity index (χ2v) is 5.74. The minimum Gasteiger partial charge on any atom is -0.497 e. The third-order valence-corrected chi connectivity index (χ3v) is 4.08. The highest BCUT2D eigenvalue weighted by Gasteiger charge is 2.11. The topological polar surface area (TPSA) is 50.9 Å². The van der Waals surface area contributed by atoms with E-state index in [0.29, 0.717) is 0 Å². The fraction of sp³-hybridized carbons (Fsp3) is 0.0476. The first-order valence-electron chi connectivity index (χ1n) is 8.31. The van der Waals surface area contributed by atoms with Gasteiger partial charge in [0.2, 0.25) is 0 Å². The van der Waals surface area contributed by atoms with Crippen LogP contribution in [0.3, 0.4) is 0 Å². The summed E-state index contributed by atoms with van der Waals surface area (Å²) in [6, 6.07) is 23.7. The van der Waals surface area contributed by atoms with Crippen molar-refractivity contribution in [3.8, 4) is 17.1 Å². The van der Waals surface area contributed by atoms with Crippen LogP contribution in [0.1, 0.15) is 5.69 Å². The van der Waals surface area contributed by atoms with E-state index >= 15 is 0 Å². The largest absolute Gasteiger partial charge is 0.497 e. The molecule has 4 rings (SSSR count). The van der Waals surface area contributed by atoms with E-state index in [1.165, 1.54) is 0 Å². The molecule has 0 spiro atoms. The molecule has 0 bridgehead atoms. The van der Waals surface area contributed by atoms with Gasteiger partial charge in [0, 0.05) is 11.8 Å². The van der Waals surface area contributed by atoms with Crippen LogP contribution in [-0.4, -0.2) is 22.7 Å². The number of rotatable bonds is 5. The zero-order valence-electron chi connectivity index (χ0n) is 14.3. The fourth-order valence-corrected chi connectivity index (χ4v) is 2.78. The number of ether oxygens (including phenoxy) is 1. The van der Waals surface area contributed by atoms with Crippen LogP contribution in [0.2, 0.25) is 0 Å². The Kier molecular flexibility index (Phi) is 4.35. The summed E-state index contributed by atoms with van der Waals surface area (Å²) in [6.45, 7) is 0. The SMILES string of the molecule is COc1ccc(-c2nc(C=NNc3ccccc3)c3ccccn23)cc1. The van der Waals surface area contributed by atoms with Gasteiger partial charge in [0.1, 0.15) is 17.3 Å². The van der Waals surface area contributed by atoms with Crippen LogP contribution in [0.15, 0.2) is 84.1 Å². The molecule has 0 aliphatic heterocycles. The highest BCUT2D eigenvalue weighted by molar-refractivity contribution is 5.89. The molecule has 0 amide bonds. The first-order chi connectivity index (χ1) is 12.8. The molecule has 0 fully saturated rings. The molecule has 5 nitrogen and oxygen atoms in total. The predicted octanol–water partition coefficient (Wildman–Crippen LogP) is 4.46. The molecule has 0 unspecified atom stereocenters. The van der Waals surface area contributed by atoms with Crippen molar-refractivity contribution in [3.05, 3.63) is 84.7 Å². The summed E-state index contributed by atoms with van der Waals surface area (Å²) < 4.78 is 7.30. The molecule has 128 valence electrons. The third kappa shape index (κ3) is 3.15. The number of hydrazone groups is 1. The summed E-state index contributed by atoms with van der Waals surface area (Å²) in [5.74, 6) is 1.69. The van der Waals surface area contributed by atoms with Crippen molar-refractivity contribution in [2.45, 2.75) is 0 Å². The average molecular weight is 342 g/mol. The second-order valence-electron chi connectivity index (χ2n) is 5.74. The molecule has 0 saturated heterocycles. The first-order valence-corrected chi connectivity index (χ1v) is 8.31. The maximum absolute atomic E-state index is 5.24. The van der Waals surface area contributed by atoms with Crippen LogP contribution in [0.4, 0.5) is 5.69 Å². The number of imidazole rings is 1. The van der Waals surface area contributed by atoms with Crippen LogP contribution in [0.5, 0.6) is 5.75 Å². The Balaban J connectivity index is 1.69. The highest BCUT2D eigenvalue weighted by Crippen LogP contribution is 2.24. The van der Waals surface area contributed by atoms with Gasteiger partial charge in [-0.05, 0) is 48.5 Å². The number of benzene rings is 2. The van der Waals surface area contributed by atoms with Crippen molar-refractivity contribution in [3.63, 3.8) is 0 Å². The van der Waals surface area contributed by atoms with E-state index in [1.54, 1.807) is 13.3 Å². The molecule has 0 aliphatic carbocycles. The zero-order chi connectivity index (χ0) is 17.8. The summed E-state index contributed by atoms with van der Waals surface area (Å²) in [5.41, 5.74) is 6.78. The number of anilines is 1. The van der Waals surface area contributed by atoms with Crippen molar-refractivity contribution in [2.24, 2.45) is 5.10 Å². The van der Waals surface area contributed by atoms with Gasteiger partial charge in [-0.3, -0.25) is 9.83 Å². The molecular formula is C21H18N4O. The smallest absolute Gasteiger partial charge is 0.145 e. The number of fused-ring (bicyclic) bond motifs is 1. The quantitative estimate of drug-likeness (QED) is 0.430. The van der Waals surface area contributed by atoms with Crippen LogP contribution < -0.4 is 10.2 Å². The van der Waals surface area contributed by atoms with E-state index < -0.39 is 0 Å². The summed E-state index contributed by atoms with van der Waals surface area (Å²) in [5, 5.41) is 4.33. The molecule has 5 heteroatoms. The van der Waals surface area contributed by atoms with E-state index in [-0.39, 0.29) is 0 Å². The Morgan fingerprint density at radius 1 is 0.962 bits per heavy atom. The van der Waals surface area contributed by atoms with Gasteiger partial charge in [0.25, 0.3) is 0 Å². The predicted molar refractivity (Wildman–Crippen MR) is 105 cm³/mol. The van der Waals surface area contributed by atoms with E-state index in [2.05, 4.69) is 14.9 Å². The van der Waals surface area contributed by atoms with E-state index in [0.717, 1.165) is 34.0 Å². The Hall–Kier alpha value is -3.60. The molecule has 0 aliphatic rings. The van der Waals surface area contributed by atoms with Gasteiger partial charge in [-0.25, -0.2) is 4.98 Å². The molecule has 0 atom stereocenters. The van der Waals surface area contributed by atoms with Gasteiger partial charge in [0.15, 0.2) is 0 Å². The Morgan fingerprint density at radius 2 is 1.73 bits per heavy atom. The number of hydrogen-bond acceptors (Lipinski definition) is 4. The molecule has 2 aromatic heterocycles. The molecule has 1 N–H and O–H groups in total. The maximum Gasteiger partial charge on any atom is 0.145 e. The minimum atomic E-state index is 0.805. The van der Waals surface area contributed by atoms with Crippen molar-refractivity contribution < 1.29 is 4.74 Å². The van der Waals surface area contributed by atoms with E-state index in [1.807, 2.05) is 79.0 Å². The van der Waals surface area contributed by atoms with Crippen molar-refractivity contribution in [2.75, 3.05) is 12.5 Å². The van der Waals surface area contributed by atoms with Crippen molar-refractivity contribution in [1.82, 2.24) is 9.38 Å². The molecule has 4 aromatic rings. The van der Waals surface area contributed by atoms with Crippen molar-refractivity contribution in [1.29, 1.82) is 0 Å². The number of para-hydroxylation sites is 1. The molecule has 2 aromatic carbocycles.